The molecule has 8 nitrogen and oxygen atoms in total. The van der Waals surface area contributed by atoms with Gasteiger partial charge in [-0.25, -0.2) is 4.39 Å². The lowest BCUT2D eigenvalue weighted by molar-refractivity contribution is -0.118. The number of fused-ring (bicyclic) bond motifs is 2. The number of carbonyl (C=O) groups is 2. The van der Waals surface area contributed by atoms with E-state index < -0.39 is 0 Å². The Labute approximate surface area is 235 Å². The third kappa shape index (κ3) is 5.37. The Balaban J connectivity index is 0.000000210. The molecule has 212 valence electrons. The minimum absolute atomic E-state index is 0. The maximum Gasteiger partial charge on any atom is 0.252 e. The molecule has 2 amide bonds. The van der Waals surface area contributed by atoms with E-state index in [1.54, 1.807) is 27.8 Å². The third-order valence-corrected chi connectivity index (χ3v) is 7.94. The number of nitrogens with zero attached hydrogens (tertiary/aromatic N) is 5. The van der Waals surface area contributed by atoms with Crippen molar-refractivity contribution in [3.05, 3.63) is 81.7 Å². The van der Waals surface area contributed by atoms with E-state index in [-0.39, 0.29) is 36.2 Å². The lowest BCUT2D eigenvalue weighted by Crippen LogP contribution is -2.47. The van der Waals surface area contributed by atoms with E-state index in [4.69, 9.17) is 0 Å². The summed E-state index contributed by atoms with van der Waals surface area (Å²) in [5.41, 5.74) is 4.43. The number of carbonyl (C=O) groups excluding carboxylic acids is 2. The number of hydrogen-bond acceptors (Lipinski definition) is 5. The molecule has 5 heterocycles. The average molecular weight is 548 g/mol. The highest BCUT2D eigenvalue weighted by Gasteiger charge is 2.36. The molecule has 3 aliphatic heterocycles. The summed E-state index contributed by atoms with van der Waals surface area (Å²) in [6.07, 6.45) is 4.73. The van der Waals surface area contributed by atoms with Crippen LogP contribution in [0.1, 0.15) is 50.9 Å². The molecule has 0 bridgehead atoms. The van der Waals surface area contributed by atoms with Gasteiger partial charge >= 0.3 is 0 Å². The molecular weight excluding hydrogens is 509 g/mol. The summed E-state index contributed by atoms with van der Waals surface area (Å²) in [5, 5.41) is 0. The summed E-state index contributed by atoms with van der Waals surface area (Å²) in [4.78, 5) is 45.4. The molecule has 0 atom stereocenters. The van der Waals surface area contributed by atoms with E-state index in [0.717, 1.165) is 66.4 Å². The molecule has 0 radical (unpaired) electrons. The molecule has 6 rings (SSSR count). The van der Waals surface area contributed by atoms with Crippen molar-refractivity contribution < 1.29 is 14.0 Å². The van der Waals surface area contributed by atoms with Crippen molar-refractivity contribution in [1.82, 2.24) is 9.55 Å². The highest BCUT2D eigenvalue weighted by molar-refractivity contribution is 6.01. The number of pyridine rings is 2. The highest BCUT2D eigenvalue weighted by Crippen LogP contribution is 2.39. The number of piperidine rings is 1. The number of rotatable bonds is 3. The minimum Gasteiger partial charge on any atom is -0.358 e. The van der Waals surface area contributed by atoms with Crippen molar-refractivity contribution in [3.8, 4) is 0 Å². The van der Waals surface area contributed by atoms with Crippen LogP contribution in [0.25, 0.3) is 0 Å². The first-order chi connectivity index (χ1) is 18.6. The van der Waals surface area contributed by atoms with E-state index in [2.05, 4.69) is 16.0 Å². The van der Waals surface area contributed by atoms with E-state index in [1.807, 2.05) is 44.9 Å². The van der Waals surface area contributed by atoms with E-state index in [9.17, 15) is 18.8 Å². The number of hydrogen-bond donors (Lipinski definition) is 0. The average Bonchev–Trinajstić information content (AvgIpc) is 3.38. The van der Waals surface area contributed by atoms with Gasteiger partial charge in [-0.2, -0.15) is 0 Å². The molecule has 3 aromatic rings. The second-order valence-electron chi connectivity index (χ2n) is 11.2. The van der Waals surface area contributed by atoms with Gasteiger partial charge < -0.3 is 14.7 Å². The van der Waals surface area contributed by atoms with Crippen LogP contribution < -0.4 is 20.3 Å². The van der Waals surface area contributed by atoms with Crippen molar-refractivity contribution >= 4 is 29.5 Å². The molecule has 0 N–H and O–H groups in total. The molecule has 9 heteroatoms. The summed E-state index contributed by atoms with van der Waals surface area (Å²) >= 11 is 0. The summed E-state index contributed by atoms with van der Waals surface area (Å²) in [7, 11) is 1.81. The zero-order valence-corrected chi connectivity index (χ0v) is 22.9. The van der Waals surface area contributed by atoms with Gasteiger partial charge in [0, 0.05) is 56.1 Å². The fraction of sp³-hybridized carbons (Fsp3) is 0.419. The Kier molecular flexibility index (Phi) is 8.14. The molecule has 1 fully saturated rings. The Hall–Kier alpha value is -4.01. The van der Waals surface area contributed by atoms with Crippen molar-refractivity contribution in [1.29, 1.82) is 0 Å². The van der Waals surface area contributed by atoms with Gasteiger partial charge in [0.25, 0.3) is 5.56 Å². The summed E-state index contributed by atoms with van der Waals surface area (Å²) in [5.74, 6) is 0.859. The summed E-state index contributed by atoms with van der Waals surface area (Å²) in [6, 6.07) is 12.4. The molecule has 0 spiro atoms. The van der Waals surface area contributed by atoms with Crippen molar-refractivity contribution in [2.75, 3.05) is 34.3 Å². The van der Waals surface area contributed by atoms with Crippen LogP contribution in [0, 0.1) is 12.7 Å². The monoisotopic (exact) mass is 547 g/mol. The van der Waals surface area contributed by atoms with Crippen molar-refractivity contribution in [2.45, 2.75) is 58.9 Å². The fourth-order valence-electron chi connectivity index (χ4n) is 5.94. The number of amides is 2. The number of halogens is 1. The van der Waals surface area contributed by atoms with Gasteiger partial charge in [-0.1, -0.05) is 21.3 Å². The fourth-order valence-corrected chi connectivity index (χ4v) is 5.94. The summed E-state index contributed by atoms with van der Waals surface area (Å²) in [6.45, 7) is 8.25. The first-order valence-electron chi connectivity index (χ1n) is 13.3. The van der Waals surface area contributed by atoms with Gasteiger partial charge in [0.1, 0.15) is 11.6 Å². The number of anilines is 3. The van der Waals surface area contributed by atoms with Gasteiger partial charge in [-0.15, -0.1) is 0 Å². The van der Waals surface area contributed by atoms with Crippen LogP contribution in [-0.4, -0.2) is 47.5 Å². The Morgan fingerprint density at radius 2 is 1.77 bits per heavy atom. The molecule has 1 saturated heterocycles. The van der Waals surface area contributed by atoms with E-state index in [0.29, 0.717) is 13.0 Å². The topological polar surface area (TPSA) is 78.8 Å². The van der Waals surface area contributed by atoms with Gasteiger partial charge in [-0.3, -0.25) is 23.9 Å². The molecule has 0 unspecified atom stereocenters. The highest BCUT2D eigenvalue weighted by atomic mass is 19.1. The predicted molar refractivity (Wildman–Crippen MR) is 157 cm³/mol. The van der Waals surface area contributed by atoms with Gasteiger partial charge in [-0.05, 0) is 67.3 Å². The Morgan fingerprint density at radius 3 is 2.48 bits per heavy atom. The Bertz CT molecular complexity index is 1480. The second kappa shape index (κ2) is 11.2. The normalized spacial score (nSPS) is 17.5. The Morgan fingerprint density at radius 1 is 1.05 bits per heavy atom. The van der Waals surface area contributed by atoms with Gasteiger partial charge in [0.15, 0.2) is 0 Å². The molecule has 1 aromatic carbocycles. The minimum atomic E-state index is -0.246. The lowest BCUT2D eigenvalue weighted by atomic mass is 9.87. The van der Waals surface area contributed by atoms with E-state index in [1.165, 1.54) is 12.1 Å². The molecule has 3 aliphatic rings. The molecule has 40 heavy (non-hydrogen) atoms. The first kappa shape index (κ1) is 29.0. The van der Waals surface area contributed by atoms with Gasteiger partial charge in [0.2, 0.25) is 12.3 Å². The zero-order chi connectivity index (χ0) is 27.9. The van der Waals surface area contributed by atoms with E-state index >= 15 is 0 Å². The third-order valence-electron chi connectivity index (χ3n) is 7.94. The molecule has 2 aromatic heterocycles. The smallest absolute Gasteiger partial charge is 0.252 e. The van der Waals surface area contributed by atoms with Crippen LogP contribution in [0.5, 0.6) is 0 Å². The largest absolute Gasteiger partial charge is 0.358 e. The molecule has 0 saturated carbocycles. The second-order valence-corrected chi connectivity index (χ2v) is 11.2. The lowest BCUT2D eigenvalue weighted by Gasteiger charge is -2.38. The zero-order valence-electron chi connectivity index (χ0n) is 22.9. The van der Waals surface area contributed by atoms with Crippen LogP contribution in [0.3, 0.4) is 0 Å². The quantitative estimate of drug-likeness (QED) is 0.456. The van der Waals surface area contributed by atoms with Crippen LogP contribution in [0.2, 0.25) is 0 Å². The van der Waals surface area contributed by atoms with Gasteiger partial charge in [0.05, 0.1) is 17.8 Å². The number of benzene rings is 1. The standard InChI is InChI=1S/C19H22N4O2.C11H12FNO.CH4/c1-13-10-17(21(2)18(24)11-13)22-8-5-14(6-9-22)23-16-4-3-7-20-15(16)12-19(23)25;1-11(2)6-13(7-14)10-4-3-8(12)5-9(10)11;/h3-4,7,10-11,14H,5-6,8-9,12H2,1-2H3;3-5,7H,6H2,1-2H3;1H4. The van der Waals surface area contributed by atoms with Crippen LogP contribution in [-0.2, 0) is 28.5 Å². The number of aryl methyl sites for hydroxylation is 1. The first-order valence-corrected chi connectivity index (χ1v) is 13.3. The molecular formula is C31H38FN5O3. The van der Waals surface area contributed by atoms with Crippen LogP contribution in [0.4, 0.5) is 21.6 Å². The van der Waals surface area contributed by atoms with Crippen molar-refractivity contribution in [2.24, 2.45) is 7.05 Å². The number of aromatic nitrogens is 2. The summed E-state index contributed by atoms with van der Waals surface area (Å²) < 4.78 is 14.7. The van der Waals surface area contributed by atoms with Crippen LogP contribution >= 0.6 is 0 Å². The maximum atomic E-state index is 13.0. The van der Waals surface area contributed by atoms with Crippen LogP contribution in [0.15, 0.2) is 53.5 Å². The maximum absolute atomic E-state index is 13.0. The van der Waals surface area contributed by atoms with Crippen molar-refractivity contribution in [3.63, 3.8) is 0 Å². The SMILES string of the molecule is C.CC1(C)CN(C=O)c2ccc(F)cc21.Cc1cc(N2CCC(N3C(=O)Cc4ncccc43)CC2)n(C)c(=O)c1. The molecule has 0 aliphatic carbocycles. The predicted octanol–water partition coefficient (Wildman–Crippen LogP) is 4.36.